The van der Waals surface area contributed by atoms with Gasteiger partial charge in [-0.1, -0.05) is 6.07 Å². The second kappa shape index (κ2) is 11.4. The van der Waals surface area contributed by atoms with Crippen LogP contribution in [0.2, 0.25) is 0 Å². The maximum atomic E-state index is 12.9. The summed E-state index contributed by atoms with van der Waals surface area (Å²) in [6.45, 7) is 11.2. The Hall–Kier alpha value is -2.67. The molecule has 0 aliphatic rings. The third kappa shape index (κ3) is 7.69. The molecule has 1 heterocycles. The van der Waals surface area contributed by atoms with E-state index in [4.69, 9.17) is 4.74 Å². The molecule has 29 heavy (non-hydrogen) atoms. The summed E-state index contributed by atoms with van der Waals surface area (Å²) in [4.78, 5) is 11.0. The minimum Gasteiger partial charge on any atom is -0.439 e. The van der Waals surface area contributed by atoms with E-state index in [1.54, 1.807) is 31.4 Å². The average Bonchev–Trinajstić information content (AvgIpc) is 2.69. The van der Waals surface area contributed by atoms with E-state index in [0.29, 0.717) is 30.3 Å². The van der Waals surface area contributed by atoms with E-state index in [-0.39, 0.29) is 5.82 Å². The number of rotatable bonds is 9. The van der Waals surface area contributed by atoms with Crippen LogP contribution in [0.5, 0.6) is 11.6 Å². The Morgan fingerprint density at radius 2 is 1.76 bits per heavy atom. The SMILES string of the molecule is CN=C(NCCN(C(C)C)C(C)C)NCc1ccc(Oc2ccc(F)cc2)nc1. The van der Waals surface area contributed by atoms with Crippen molar-refractivity contribution in [2.75, 3.05) is 20.1 Å². The maximum absolute atomic E-state index is 12.9. The molecule has 2 aromatic rings. The van der Waals surface area contributed by atoms with Crippen molar-refractivity contribution in [2.45, 2.75) is 46.3 Å². The highest BCUT2D eigenvalue weighted by atomic mass is 19.1. The van der Waals surface area contributed by atoms with Crippen molar-refractivity contribution in [3.63, 3.8) is 0 Å². The maximum Gasteiger partial charge on any atom is 0.219 e. The number of nitrogens with zero attached hydrogens (tertiary/aromatic N) is 3. The Labute approximate surface area is 173 Å². The molecule has 0 saturated carbocycles. The van der Waals surface area contributed by atoms with Crippen LogP contribution < -0.4 is 15.4 Å². The van der Waals surface area contributed by atoms with Crippen LogP contribution in [0, 0.1) is 5.82 Å². The predicted molar refractivity (Wildman–Crippen MR) is 116 cm³/mol. The molecule has 6 nitrogen and oxygen atoms in total. The molecular formula is C22H32FN5O. The van der Waals surface area contributed by atoms with Crippen LogP contribution in [0.4, 0.5) is 4.39 Å². The zero-order valence-corrected chi connectivity index (χ0v) is 17.9. The highest BCUT2D eigenvalue weighted by Gasteiger charge is 2.12. The first-order chi connectivity index (χ1) is 13.9. The van der Waals surface area contributed by atoms with Gasteiger partial charge in [-0.05, 0) is 57.5 Å². The summed E-state index contributed by atoms with van der Waals surface area (Å²) in [6, 6.07) is 10.6. The van der Waals surface area contributed by atoms with Crippen LogP contribution in [0.3, 0.4) is 0 Å². The van der Waals surface area contributed by atoms with Gasteiger partial charge in [-0.2, -0.15) is 0 Å². The second-order valence-corrected chi connectivity index (χ2v) is 7.34. The van der Waals surface area contributed by atoms with Crippen LogP contribution in [0.25, 0.3) is 0 Å². The molecule has 2 rings (SSSR count). The van der Waals surface area contributed by atoms with E-state index in [9.17, 15) is 4.39 Å². The summed E-state index contributed by atoms with van der Waals surface area (Å²) in [5.41, 5.74) is 1.00. The fourth-order valence-corrected chi connectivity index (χ4v) is 3.02. The Morgan fingerprint density at radius 3 is 2.31 bits per heavy atom. The molecule has 0 bridgehead atoms. The van der Waals surface area contributed by atoms with Gasteiger partial charge in [0, 0.05) is 51.0 Å². The van der Waals surface area contributed by atoms with Gasteiger partial charge in [-0.15, -0.1) is 0 Å². The Bertz CT molecular complexity index is 752. The number of aliphatic imine (C=N–C) groups is 1. The summed E-state index contributed by atoms with van der Waals surface area (Å²) in [7, 11) is 1.76. The number of hydrogen-bond acceptors (Lipinski definition) is 4. The smallest absolute Gasteiger partial charge is 0.219 e. The molecule has 158 valence electrons. The van der Waals surface area contributed by atoms with Gasteiger partial charge in [0.1, 0.15) is 11.6 Å². The van der Waals surface area contributed by atoms with Gasteiger partial charge in [0.15, 0.2) is 5.96 Å². The van der Waals surface area contributed by atoms with Crippen LogP contribution in [0.15, 0.2) is 47.6 Å². The third-order valence-electron chi connectivity index (χ3n) is 4.51. The molecule has 0 saturated heterocycles. The lowest BCUT2D eigenvalue weighted by molar-refractivity contribution is 0.178. The summed E-state index contributed by atoms with van der Waals surface area (Å²) in [5, 5.41) is 6.64. The van der Waals surface area contributed by atoms with Gasteiger partial charge in [-0.25, -0.2) is 9.37 Å². The highest BCUT2D eigenvalue weighted by molar-refractivity contribution is 5.79. The van der Waals surface area contributed by atoms with Crippen molar-refractivity contribution in [2.24, 2.45) is 4.99 Å². The summed E-state index contributed by atoms with van der Waals surface area (Å²) < 4.78 is 18.6. The number of ether oxygens (including phenoxy) is 1. The molecule has 0 aliphatic carbocycles. The number of guanidine groups is 1. The summed E-state index contributed by atoms with van der Waals surface area (Å²) >= 11 is 0. The third-order valence-corrected chi connectivity index (χ3v) is 4.51. The van der Waals surface area contributed by atoms with Crippen molar-refractivity contribution in [1.82, 2.24) is 20.5 Å². The number of pyridine rings is 1. The normalized spacial score (nSPS) is 12.0. The molecule has 0 amide bonds. The number of nitrogens with one attached hydrogen (secondary N) is 2. The van der Waals surface area contributed by atoms with Crippen LogP contribution in [-0.4, -0.2) is 48.1 Å². The first kappa shape index (κ1) is 22.6. The zero-order valence-electron chi connectivity index (χ0n) is 17.9. The topological polar surface area (TPSA) is 61.8 Å². The molecule has 0 spiro atoms. The Kier molecular flexibility index (Phi) is 8.86. The fourth-order valence-electron chi connectivity index (χ4n) is 3.02. The Morgan fingerprint density at radius 1 is 1.07 bits per heavy atom. The average molecular weight is 402 g/mol. The van der Waals surface area contributed by atoms with Crippen molar-refractivity contribution >= 4 is 5.96 Å². The van der Waals surface area contributed by atoms with Crippen LogP contribution in [-0.2, 0) is 6.54 Å². The van der Waals surface area contributed by atoms with E-state index in [1.165, 1.54) is 12.1 Å². The number of halogens is 1. The van der Waals surface area contributed by atoms with Gasteiger partial charge in [0.05, 0.1) is 0 Å². The van der Waals surface area contributed by atoms with Crippen LogP contribution >= 0.6 is 0 Å². The van der Waals surface area contributed by atoms with E-state index < -0.39 is 0 Å². The van der Waals surface area contributed by atoms with Gasteiger partial charge in [0.25, 0.3) is 0 Å². The highest BCUT2D eigenvalue weighted by Crippen LogP contribution is 2.19. The van der Waals surface area contributed by atoms with E-state index in [2.05, 4.69) is 53.2 Å². The predicted octanol–water partition coefficient (Wildman–Crippen LogP) is 3.80. The summed E-state index contributed by atoms with van der Waals surface area (Å²) in [6.07, 6.45) is 1.75. The second-order valence-electron chi connectivity index (χ2n) is 7.34. The fraction of sp³-hybridized carbons (Fsp3) is 0.455. The van der Waals surface area contributed by atoms with Crippen LogP contribution in [0.1, 0.15) is 33.3 Å². The standard InChI is InChI=1S/C22H32FN5O/c1-16(2)28(17(3)4)13-12-25-22(24-5)27-15-18-6-11-21(26-14-18)29-20-9-7-19(23)8-10-20/h6-11,14,16-17H,12-13,15H2,1-5H3,(H2,24,25,27). The minimum absolute atomic E-state index is 0.296. The number of hydrogen-bond donors (Lipinski definition) is 2. The molecule has 1 aromatic heterocycles. The number of aromatic nitrogens is 1. The van der Waals surface area contributed by atoms with E-state index in [1.807, 2.05) is 6.07 Å². The molecule has 0 fully saturated rings. The lowest BCUT2D eigenvalue weighted by Crippen LogP contribution is -2.45. The minimum atomic E-state index is -0.296. The van der Waals surface area contributed by atoms with Crippen molar-refractivity contribution in [1.29, 1.82) is 0 Å². The molecular weight excluding hydrogens is 369 g/mol. The van der Waals surface area contributed by atoms with Crippen molar-refractivity contribution < 1.29 is 9.13 Å². The monoisotopic (exact) mass is 401 g/mol. The summed E-state index contributed by atoms with van der Waals surface area (Å²) in [5.74, 6) is 1.47. The molecule has 0 atom stereocenters. The quantitative estimate of drug-likeness (QED) is 0.494. The first-order valence-electron chi connectivity index (χ1n) is 9.97. The van der Waals surface area contributed by atoms with Gasteiger partial charge in [0.2, 0.25) is 5.88 Å². The van der Waals surface area contributed by atoms with E-state index >= 15 is 0 Å². The molecule has 2 N–H and O–H groups in total. The van der Waals surface area contributed by atoms with E-state index in [0.717, 1.165) is 24.6 Å². The largest absolute Gasteiger partial charge is 0.439 e. The molecule has 0 aliphatic heterocycles. The van der Waals surface area contributed by atoms with Gasteiger partial charge >= 0.3 is 0 Å². The first-order valence-corrected chi connectivity index (χ1v) is 9.97. The van der Waals surface area contributed by atoms with Gasteiger partial charge < -0.3 is 15.4 Å². The number of benzene rings is 1. The van der Waals surface area contributed by atoms with Gasteiger partial charge in [-0.3, -0.25) is 9.89 Å². The Balaban J connectivity index is 1.79. The molecule has 1 aromatic carbocycles. The zero-order chi connectivity index (χ0) is 21.2. The van der Waals surface area contributed by atoms with Crippen molar-refractivity contribution in [3.8, 4) is 11.6 Å². The molecule has 0 radical (unpaired) electrons. The lowest BCUT2D eigenvalue weighted by Gasteiger charge is -2.30. The molecule has 7 heteroatoms. The lowest BCUT2D eigenvalue weighted by atomic mass is 10.2. The molecule has 0 unspecified atom stereocenters. The van der Waals surface area contributed by atoms with Crippen molar-refractivity contribution in [3.05, 3.63) is 54.0 Å².